The standard InChI is InChI=1S/C13H15ClN2OS/c14-10-5-7-18-13(10)11-8-16-12(17-11)2-1-6-15-9-3-4-9/h5,7-9,15H,1-4,6H2. The summed E-state index contributed by atoms with van der Waals surface area (Å²) in [4.78, 5) is 5.26. The summed E-state index contributed by atoms with van der Waals surface area (Å²) < 4.78 is 5.72. The predicted molar refractivity (Wildman–Crippen MR) is 74.2 cm³/mol. The van der Waals surface area contributed by atoms with E-state index in [-0.39, 0.29) is 0 Å². The fourth-order valence-electron chi connectivity index (χ4n) is 1.83. The zero-order chi connectivity index (χ0) is 12.4. The van der Waals surface area contributed by atoms with Crippen LogP contribution in [0.25, 0.3) is 10.6 Å². The summed E-state index contributed by atoms with van der Waals surface area (Å²) in [6.45, 7) is 1.04. The number of aromatic nitrogens is 1. The van der Waals surface area contributed by atoms with Gasteiger partial charge in [-0.1, -0.05) is 11.6 Å². The van der Waals surface area contributed by atoms with Crippen LogP contribution in [0.2, 0.25) is 5.02 Å². The SMILES string of the molecule is Clc1ccsc1-c1cnc(CCCNC2CC2)o1. The molecular weight excluding hydrogens is 268 g/mol. The highest BCUT2D eigenvalue weighted by molar-refractivity contribution is 7.14. The molecule has 0 spiro atoms. The average Bonchev–Trinajstić information content (AvgIpc) is 2.90. The molecule has 0 bridgehead atoms. The van der Waals surface area contributed by atoms with Gasteiger partial charge in [0, 0.05) is 12.5 Å². The highest BCUT2D eigenvalue weighted by Gasteiger charge is 2.19. The van der Waals surface area contributed by atoms with Gasteiger partial charge in [0.1, 0.15) is 0 Å². The lowest BCUT2D eigenvalue weighted by Crippen LogP contribution is -2.17. The first-order chi connectivity index (χ1) is 8.83. The van der Waals surface area contributed by atoms with Crippen molar-refractivity contribution in [2.45, 2.75) is 31.7 Å². The van der Waals surface area contributed by atoms with Gasteiger partial charge in [-0.15, -0.1) is 11.3 Å². The second kappa shape index (κ2) is 5.43. The van der Waals surface area contributed by atoms with E-state index in [1.807, 2.05) is 11.4 Å². The van der Waals surface area contributed by atoms with Crippen molar-refractivity contribution in [2.24, 2.45) is 0 Å². The number of hydrogen-bond acceptors (Lipinski definition) is 4. The number of aryl methyl sites for hydroxylation is 1. The van der Waals surface area contributed by atoms with Crippen molar-refractivity contribution in [3.63, 3.8) is 0 Å². The second-order valence-corrected chi connectivity index (χ2v) is 5.87. The quantitative estimate of drug-likeness (QED) is 0.820. The Morgan fingerprint density at radius 3 is 3.11 bits per heavy atom. The molecule has 0 radical (unpaired) electrons. The van der Waals surface area contributed by atoms with Crippen molar-refractivity contribution in [3.05, 3.63) is 28.6 Å². The number of nitrogens with zero attached hydrogens (tertiary/aromatic N) is 1. The van der Waals surface area contributed by atoms with Gasteiger partial charge in [0.25, 0.3) is 0 Å². The summed E-state index contributed by atoms with van der Waals surface area (Å²) in [5.74, 6) is 1.58. The van der Waals surface area contributed by atoms with Crippen molar-refractivity contribution < 1.29 is 4.42 Å². The molecule has 2 heterocycles. The molecule has 5 heteroatoms. The third-order valence-electron chi connectivity index (χ3n) is 2.97. The van der Waals surface area contributed by atoms with Crippen molar-refractivity contribution in [2.75, 3.05) is 6.54 Å². The lowest BCUT2D eigenvalue weighted by atomic mass is 10.3. The van der Waals surface area contributed by atoms with Crippen LogP contribution in [0, 0.1) is 0 Å². The maximum atomic E-state index is 6.06. The van der Waals surface area contributed by atoms with Gasteiger partial charge in [0.15, 0.2) is 11.7 Å². The number of thiophene rings is 1. The fraction of sp³-hybridized carbons (Fsp3) is 0.462. The molecule has 3 nitrogen and oxygen atoms in total. The molecule has 3 rings (SSSR count). The van der Waals surface area contributed by atoms with Crippen LogP contribution in [0.5, 0.6) is 0 Å². The van der Waals surface area contributed by atoms with Crippen molar-refractivity contribution >= 4 is 22.9 Å². The highest BCUT2D eigenvalue weighted by atomic mass is 35.5. The Labute approximate surface area is 115 Å². The zero-order valence-corrected chi connectivity index (χ0v) is 11.6. The number of rotatable bonds is 6. The van der Waals surface area contributed by atoms with Gasteiger partial charge in [0.05, 0.1) is 16.1 Å². The normalized spacial score (nSPS) is 15.2. The summed E-state index contributed by atoms with van der Waals surface area (Å²) in [6, 6.07) is 2.65. The Morgan fingerprint density at radius 2 is 2.39 bits per heavy atom. The fourth-order valence-corrected chi connectivity index (χ4v) is 2.93. The monoisotopic (exact) mass is 282 g/mol. The van der Waals surface area contributed by atoms with Crippen LogP contribution in [0.1, 0.15) is 25.2 Å². The van der Waals surface area contributed by atoms with E-state index in [2.05, 4.69) is 10.3 Å². The molecule has 0 atom stereocenters. The van der Waals surface area contributed by atoms with E-state index < -0.39 is 0 Å². The van der Waals surface area contributed by atoms with Crippen LogP contribution >= 0.6 is 22.9 Å². The molecule has 96 valence electrons. The van der Waals surface area contributed by atoms with Gasteiger partial charge >= 0.3 is 0 Å². The predicted octanol–water partition coefficient (Wildman–Crippen LogP) is 3.74. The second-order valence-electron chi connectivity index (χ2n) is 4.55. The summed E-state index contributed by atoms with van der Waals surface area (Å²) >= 11 is 7.64. The number of hydrogen-bond donors (Lipinski definition) is 1. The van der Waals surface area contributed by atoms with Crippen molar-refractivity contribution in [3.8, 4) is 10.6 Å². The van der Waals surface area contributed by atoms with E-state index in [0.29, 0.717) is 0 Å². The summed E-state index contributed by atoms with van der Waals surface area (Å²) in [6.07, 6.45) is 6.37. The maximum absolute atomic E-state index is 6.06. The van der Waals surface area contributed by atoms with Crippen LogP contribution < -0.4 is 5.32 Å². The number of halogens is 1. The molecule has 1 N–H and O–H groups in total. The van der Waals surface area contributed by atoms with Gasteiger partial charge in [-0.2, -0.15) is 0 Å². The van der Waals surface area contributed by atoms with Crippen LogP contribution in [0.3, 0.4) is 0 Å². The van der Waals surface area contributed by atoms with E-state index in [4.69, 9.17) is 16.0 Å². The molecule has 0 unspecified atom stereocenters. The molecule has 2 aromatic heterocycles. The molecule has 0 amide bonds. The molecule has 18 heavy (non-hydrogen) atoms. The molecule has 0 aliphatic heterocycles. The zero-order valence-electron chi connectivity index (χ0n) is 9.99. The molecule has 0 aromatic carbocycles. The van der Waals surface area contributed by atoms with E-state index in [0.717, 1.165) is 47.0 Å². The van der Waals surface area contributed by atoms with Gasteiger partial charge in [-0.3, -0.25) is 0 Å². The van der Waals surface area contributed by atoms with Crippen LogP contribution in [-0.2, 0) is 6.42 Å². The number of oxazole rings is 1. The summed E-state index contributed by atoms with van der Waals surface area (Å²) in [5, 5.41) is 6.17. The molecule has 0 saturated heterocycles. The average molecular weight is 283 g/mol. The largest absolute Gasteiger partial charge is 0.440 e. The van der Waals surface area contributed by atoms with Crippen molar-refractivity contribution in [1.29, 1.82) is 0 Å². The minimum absolute atomic E-state index is 0.734. The Balaban J connectivity index is 1.54. The maximum Gasteiger partial charge on any atom is 0.194 e. The van der Waals surface area contributed by atoms with Gasteiger partial charge in [0.2, 0.25) is 0 Å². The topological polar surface area (TPSA) is 38.1 Å². The minimum atomic E-state index is 0.734. The van der Waals surface area contributed by atoms with Gasteiger partial charge < -0.3 is 9.73 Å². The smallest absolute Gasteiger partial charge is 0.194 e. The molecule has 1 saturated carbocycles. The summed E-state index contributed by atoms with van der Waals surface area (Å²) in [5.41, 5.74) is 0. The third-order valence-corrected chi connectivity index (χ3v) is 4.33. The van der Waals surface area contributed by atoms with Crippen molar-refractivity contribution in [1.82, 2.24) is 10.3 Å². The van der Waals surface area contributed by atoms with Crippen LogP contribution in [0.15, 0.2) is 22.1 Å². The number of nitrogens with one attached hydrogen (secondary N) is 1. The van der Waals surface area contributed by atoms with E-state index >= 15 is 0 Å². The molecule has 1 aliphatic carbocycles. The first-order valence-corrected chi connectivity index (χ1v) is 7.50. The van der Waals surface area contributed by atoms with E-state index in [1.165, 1.54) is 12.8 Å². The van der Waals surface area contributed by atoms with Crippen LogP contribution in [0.4, 0.5) is 0 Å². The Hall–Kier alpha value is -0.840. The first kappa shape index (κ1) is 12.2. The summed E-state index contributed by atoms with van der Waals surface area (Å²) in [7, 11) is 0. The highest BCUT2D eigenvalue weighted by Crippen LogP contribution is 2.33. The lowest BCUT2D eigenvalue weighted by molar-refractivity contribution is 0.492. The Bertz CT molecular complexity index is 519. The Kier molecular flexibility index (Phi) is 3.68. The molecule has 2 aromatic rings. The minimum Gasteiger partial charge on any atom is -0.440 e. The molecule has 1 fully saturated rings. The Morgan fingerprint density at radius 1 is 1.50 bits per heavy atom. The third kappa shape index (κ3) is 2.94. The first-order valence-electron chi connectivity index (χ1n) is 6.24. The molecular formula is C13H15ClN2OS. The van der Waals surface area contributed by atoms with Gasteiger partial charge in [-0.05, 0) is 37.3 Å². The van der Waals surface area contributed by atoms with E-state index in [9.17, 15) is 0 Å². The van der Waals surface area contributed by atoms with E-state index in [1.54, 1.807) is 17.5 Å². The van der Waals surface area contributed by atoms with Gasteiger partial charge in [-0.25, -0.2) is 4.98 Å². The molecule has 1 aliphatic rings. The van der Waals surface area contributed by atoms with Crippen LogP contribution in [-0.4, -0.2) is 17.6 Å². The lowest BCUT2D eigenvalue weighted by Gasteiger charge is -1.99.